The van der Waals surface area contributed by atoms with Crippen LogP contribution in [0, 0.1) is 5.92 Å². The van der Waals surface area contributed by atoms with Gasteiger partial charge < -0.3 is 5.32 Å². The molecule has 10 heteroatoms. The van der Waals surface area contributed by atoms with Crippen LogP contribution in [0.3, 0.4) is 0 Å². The summed E-state index contributed by atoms with van der Waals surface area (Å²) >= 11 is 1.27. The van der Waals surface area contributed by atoms with Crippen molar-refractivity contribution in [3.63, 3.8) is 0 Å². The maximum absolute atomic E-state index is 13.0. The summed E-state index contributed by atoms with van der Waals surface area (Å²) in [6.45, 7) is 5.51. The van der Waals surface area contributed by atoms with Crippen LogP contribution in [0.5, 0.6) is 0 Å². The van der Waals surface area contributed by atoms with Crippen LogP contribution in [0.15, 0.2) is 45.3 Å². The quantitative estimate of drug-likeness (QED) is 0.464. The van der Waals surface area contributed by atoms with E-state index < -0.39 is 11.6 Å². The molecule has 0 aliphatic rings. The number of anilines is 1. The first-order valence-corrected chi connectivity index (χ1v) is 10.6. The van der Waals surface area contributed by atoms with E-state index in [2.05, 4.69) is 10.4 Å². The summed E-state index contributed by atoms with van der Waals surface area (Å²) in [4.78, 5) is 49.8. The number of nitrogens with one attached hydrogen (secondary N) is 1. The molecule has 0 saturated carbocycles. The molecule has 3 heterocycles. The molecule has 9 nitrogen and oxygen atoms in total. The summed E-state index contributed by atoms with van der Waals surface area (Å²) in [5, 5.41) is 8.75. The Bertz CT molecular complexity index is 1420. The molecule has 0 saturated heterocycles. The molecule has 0 atom stereocenters. The largest absolute Gasteiger partial charge is 0.352 e. The van der Waals surface area contributed by atoms with Crippen molar-refractivity contribution in [3.8, 4) is 0 Å². The Balaban J connectivity index is 1.70. The highest BCUT2D eigenvalue weighted by molar-refractivity contribution is 7.17. The van der Waals surface area contributed by atoms with E-state index in [4.69, 9.17) is 0 Å². The number of thiophene rings is 1. The zero-order valence-electron chi connectivity index (χ0n) is 17.3. The number of carbonyl (C=O) groups excluding carboxylic acids is 2. The van der Waals surface area contributed by atoms with E-state index in [1.165, 1.54) is 27.2 Å². The molecule has 1 N–H and O–H groups in total. The number of nitrogens with zero attached hydrogens (tertiary/aromatic N) is 4. The molecule has 3 aromatic heterocycles. The number of ketones is 1. The summed E-state index contributed by atoms with van der Waals surface area (Å²) in [5.74, 6) is -0.129. The molecule has 0 spiro atoms. The lowest BCUT2D eigenvalue weighted by Crippen LogP contribution is -2.29. The van der Waals surface area contributed by atoms with Crippen LogP contribution in [-0.4, -0.2) is 30.4 Å². The smallest absolute Gasteiger partial charge is 0.324 e. The number of amides is 1. The molecule has 0 aliphatic carbocycles. The molecule has 0 unspecified atom stereocenters. The van der Waals surface area contributed by atoms with Crippen molar-refractivity contribution >= 4 is 44.7 Å². The van der Waals surface area contributed by atoms with Gasteiger partial charge in [-0.25, -0.2) is 13.9 Å². The average molecular weight is 439 g/mol. The standard InChI is InChI=1S/C21H21N5O4S/c1-12(2)10-24-19(29)18-16(8-9-31-18)26-20(24)23-25(21(26)30)11-17(28)22-15-6-4-14(5-7-15)13(3)27/h4-9,12H,10-11H2,1-3H3,(H,22,28). The molecule has 1 aromatic carbocycles. The molecule has 0 fully saturated rings. The Morgan fingerprint density at radius 1 is 1.13 bits per heavy atom. The van der Waals surface area contributed by atoms with Crippen molar-refractivity contribution in [2.45, 2.75) is 33.9 Å². The van der Waals surface area contributed by atoms with E-state index >= 15 is 0 Å². The Morgan fingerprint density at radius 3 is 2.48 bits per heavy atom. The Labute approximate surface area is 180 Å². The van der Waals surface area contributed by atoms with Gasteiger partial charge in [-0.3, -0.25) is 19.0 Å². The topological polar surface area (TPSA) is 107 Å². The minimum absolute atomic E-state index is 0.0682. The minimum Gasteiger partial charge on any atom is -0.324 e. The normalized spacial score (nSPS) is 11.5. The number of aromatic nitrogens is 4. The molecular weight excluding hydrogens is 418 g/mol. The van der Waals surface area contributed by atoms with Crippen LogP contribution < -0.4 is 16.6 Å². The number of benzene rings is 1. The van der Waals surface area contributed by atoms with E-state index in [0.717, 1.165) is 4.68 Å². The Kier molecular flexibility index (Phi) is 5.32. The van der Waals surface area contributed by atoms with E-state index in [-0.39, 0.29) is 29.6 Å². The van der Waals surface area contributed by atoms with Crippen molar-refractivity contribution in [3.05, 3.63) is 62.1 Å². The fourth-order valence-electron chi connectivity index (χ4n) is 3.39. The minimum atomic E-state index is -0.488. The molecular formula is C21H21N5O4S. The van der Waals surface area contributed by atoms with Gasteiger partial charge in [0.25, 0.3) is 5.56 Å². The monoisotopic (exact) mass is 439 g/mol. The van der Waals surface area contributed by atoms with Gasteiger partial charge in [0.15, 0.2) is 5.78 Å². The second kappa shape index (κ2) is 7.95. The lowest BCUT2D eigenvalue weighted by molar-refractivity contribution is -0.117. The van der Waals surface area contributed by atoms with E-state index in [1.807, 2.05) is 13.8 Å². The molecule has 1 amide bonds. The first kappa shape index (κ1) is 20.7. The van der Waals surface area contributed by atoms with E-state index in [1.54, 1.807) is 35.7 Å². The number of fused-ring (bicyclic) bond motifs is 3. The third-order valence-corrected chi connectivity index (χ3v) is 5.70. The molecule has 4 rings (SSSR count). The van der Waals surface area contributed by atoms with Gasteiger partial charge >= 0.3 is 5.69 Å². The number of Topliss-reactive ketones (excluding diaryl/α,β-unsaturated/α-hetero) is 1. The SMILES string of the molecule is CC(=O)c1ccc(NC(=O)Cn2nc3n(CC(C)C)c(=O)c4sccc4n3c2=O)cc1. The van der Waals surface area contributed by atoms with Gasteiger partial charge in [0, 0.05) is 17.8 Å². The fraction of sp³-hybridized carbons (Fsp3) is 0.286. The van der Waals surface area contributed by atoms with Crippen LogP contribution in [-0.2, 0) is 17.9 Å². The second-order valence-corrected chi connectivity index (χ2v) is 8.62. The zero-order chi connectivity index (χ0) is 22.3. The number of rotatable bonds is 6. The maximum Gasteiger partial charge on any atom is 0.352 e. The summed E-state index contributed by atoms with van der Waals surface area (Å²) in [5.41, 5.74) is 0.846. The second-order valence-electron chi connectivity index (χ2n) is 7.70. The Morgan fingerprint density at radius 2 is 1.84 bits per heavy atom. The van der Waals surface area contributed by atoms with E-state index in [0.29, 0.717) is 28.0 Å². The molecule has 0 bridgehead atoms. The van der Waals surface area contributed by atoms with Crippen LogP contribution in [0.4, 0.5) is 5.69 Å². The molecule has 31 heavy (non-hydrogen) atoms. The third kappa shape index (κ3) is 3.81. The predicted octanol–water partition coefficient (Wildman–Crippen LogP) is 2.37. The molecule has 0 radical (unpaired) electrons. The van der Waals surface area contributed by atoms with Gasteiger partial charge in [0.1, 0.15) is 11.2 Å². The van der Waals surface area contributed by atoms with Gasteiger partial charge in [-0.15, -0.1) is 16.4 Å². The van der Waals surface area contributed by atoms with E-state index in [9.17, 15) is 19.2 Å². The fourth-order valence-corrected chi connectivity index (χ4v) is 4.22. The summed E-state index contributed by atoms with van der Waals surface area (Å²) < 4.78 is 4.40. The number of hydrogen-bond donors (Lipinski definition) is 1. The molecule has 0 aliphatic heterocycles. The highest BCUT2D eigenvalue weighted by Gasteiger charge is 2.20. The van der Waals surface area contributed by atoms with Crippen molar-refractivity contribution < 1.29 is 9.59 Å². The van der Waals surface area contributed by atoms with Crippen LogP contribution >= 0.6 is 11.3 Å². The van der Waals surface area contributed by atoms with Gasteiger partial charge in [0.05, 0.1) is 5.52 Å². The lowest BCUT2D eigenvalue weighted by atomic mass is 10.1. The lowest BCUT2D eigenvalue weighted by Gasteiger charge is -2.09. The summed E-state index contributed by atoms with van der Waals surface area (Å²) in [6.07, 6.45) is 0. The van der Waals surface area contributed by atoms with Gasteiger partial charge in [0.2, 0.25) is 11.7 Å². The van der Waals surface area contributed by atoms with Crippen molar-refractivity contribution in [2.24, 2.45) is 5.92 Å². The van der Waals surface area contributed by atoms with Crippen LogP contribution in [0.25, 0.3) is 16.0 Å². The van der Waals surface area contributed by atoms with Gasteiger partial charge in [-0.1, -0.05) is 13.8 Å². The number of hydrogen-bond acceptors (Lipinski definition) is 6. The Hall–Kier alpha value is -3.53. The zero-order valence-corrected chi connectivity index (χ0v) is 18.1. The van der Waals surface area contributed by atoms with Gasteiger partial charge in [-0.05, 0) is 48.6 Å². The first-order valence-electron chi connectivity index (χ1n) is 9.76. The van der Waals surface area contributed by atoms with Crippen molar-refractivity contribution in [1.29, 1.82) is 0 Å². The maximum atomic E-state index is 13.0. The summed E-state index contributed by atoms with van der Waals surface area (Å²) in [7, 11) is 0. The third-order valence-electron chi connectivity index (χ3n) is 4.80. The summed E-state index contributed by atoms with van der Waals surface area (Å²) in [6, 6.07) is 8.19. The predicted molar refractivity (Wildman–Crippen MR) is 119 cm³/mol. The molecule has 4 aromatic rings. The van der Waals surface area contributed by atoms with Crippen LogP contribution in [0.1, 0.15) is 31.1 Å². The molecule has 160 valence electrons. The highest BCUT2D eigenvalue weighted by Crippen LogP contribution is 2.18. The van der Waals surface area contributed by atoms with Crippen molar-refractivity contribution in [2.75, 3.05) is 5.32 Å². The van der Waals surface area contributed by atoms with Crippen molar-refractivity contribution in [1.82, 2.24) is 18.7 Å². The van der Waals surface area contributed by atoms with Crippen LogP contribution in [0.2, 0.25) is 0 Å². The van der Waals surface area contributed by atoms with Gasteiger partial charge in [-0.2, -0.15) is 0 Å². The average Bonchev–Trinajstić information content (AvgIpc) is 3.31. The highest BCUT2D eigenvalue weighted by atomic mass is 32.1. The first-order chi connectivity index (χ1) is 14.8. The number of carbonyl (C=O) groups is 2.